The van der Waals surface area contributed by atoms with Crippen molar-refractivity contribution < 1.29 is 9.53 Å². The van der Waals surface area contributed by atoms with Crippen molar-refractivity contribution >= 4 is 46.0 Å². The van der Waals surface area contributed by atoms with Crippen LogP contribution in [0.5, 0.6) is 5.75 Å². The van der Waals surface area contributed by atoms with Gasteiger partial charge in [-0.05, 0) is 48.9 Å². The van der Waals surface area contributed by atoms with Gasteiger partial charge in [-0.1, -0.05) is 30.0 Å². The number of nitrogens with zero attached hydrogens (tertiary/aromatic N) is 2. The van der Waals surface area contributed by atoms with Gasteiger partial charge in [-0.15, -0.1) is 0 Å². The highest BCUT2D eigenvalue weighted by molar-refractivity contribution is 8.27. The molecule has 3 rings (SSSR count). The highest BCUT2D eigenvalue weighted by Gasteiger charge is 2.33. The third-order valence-electron chi connectivity index (χ3n) is 3.18. The summed E-state index contributed by atoms with van der Waals surface area (Å²) in [4.78, 5) is 18.8. The van der Waals surface area contributed by atoms with E-state index in [2.05, 4.69) is 4.98 Å². The lowest BCUT2D eigenvalue weighted by Gasteiger charge is -2.15. The quantitative estimate of drug-likeness (QED) is 0.623. The Morgan fingerprint density at radius 1 is 1.30 bits per heavy atom. The Bertz CT molecular complexity index is 758. The lowest BCUT2D eigenvalue weighted by molar-refractivity contribution is -0.113. The monoisotopic (exact) mass is 342 g/mol. The molecule has 1 saturated heterocycles. The summed E-state index contributed by atoms with van der Waals surface area (Å²) < 4.78 is 5.94. The van der Waals surface area contributed by atoms with Crippen LogP contribution >= 0.6 is 24.0 Å². The first-order chi connectivity index (χ1) is 11.2. The van der Waals surface area contributed by atoms with Crippen LogP contribution in [-0.4, -0.2) is 21.8 Å². The van der Waals surface area contributed by atoms with E-state index in [4.69, 9.17) is 17.0 Å². The standard InChI is InChI=1S/C17H14N2O2S2/c1-2-21-14-7-5-13(6-8-14)19-16(20)15(23-17(19)22)10-12-4-3-9-18-11-12/h3-11H,2H2,1H3/b15-10+. The molecule has 0 aliphatic carbocycles. The van der Waals surface area contributed by atoms with Crippen LogP contribution in [0.4, 0.5) is 5.69 Å². The summed E-state index contributed by atoms with van der Waals surface area (Å²) in [6.45, 7) is 2.54. The van der Waals surface area contributed by atoms with E-state index in [0.29, 0.717) is 15.8 Å². The average molecular weight is 342 g/mol. The molecule has 6 heteroatoms. The van der Waals surface area contributed by atoms with Crippen molar-refractivity contribution in [3.8, 4) is 5.75 Å². The van der Waals surface area contributed by atoms with E-state index in [9.17, 15) is 4.79 Å². The lowest BCUT2D eigenvalue weighted by atomic mass is 10.2. The summed E-state index contributed by atoms with van der Waals surface area (Å²) in [5.74, 6) is 0.653. The van der Waals surface area contributed by atoms with Gasteiger partial charge in [0.05, 0.1) is 17.2 Å². The number of amides is 1. The average Bonchev–Trinajstić information content (AvgIpc) is 2.84. The predicted molar refractivity (Wildman–Crippen MR) is 97.5 cm³/mol. The van der Waals surface area contributed by atoms with Crippen LogP contribution in [0.3, 0.4) is 0 Å². The highest BCUT2D eigenvalue weighted by atomic mass is 32.2. The molecular formula is C17H14N2O2S2. The minimum Gasteiger partial charge on any atom is -0.494 e. The summed E-state index contributed by atoms with van der Waals surface area (Å²) in [7, 11) is 0. The number of benzene rings is 1. The van der Waals surface area contributed by atoms with Crippen LogP contribution in [0.1, 0.15) is 12.5 Å². The van der Waals surface area contributed by atoms with Crippen molar-refractivity contribution in [1.29, 1.82) is 0 Å². The molecule has 0 radical (unpaired) electrons. The Balaban J connectivity index is 1.85. The van der Waals surface area contributed by atoms with E-state index in [1.165, 1.54) is 16.7 Å². The zero-order valence-corrected chi connectivity index (χ0v) is 14.1. The second kappa shape index (κ2) is 6.93. The van der Waals surface area contributed by atoms with E-state index in [0.717, 1.165) is 17.0 Å². The summed E-state index contributed by atoms with van der Waals surface area (Å²) in [5, 5.41) is 0. The molecule has 0 saturated carbocycles. The van der Waals surface area contributed by atoms with Crippen molar-refractivity contribution in [2.24, 2.45) is 0 Å². The fourth-order valence-electron chi connectivity index (χ4n) is 2.16. The van der Waals surface area contributed by atoms with Crippen LogP contribution in [0.15, 0.2) is 53.7 Å². The van der Waals surface area contributed by atoms with Gasteiger partial charge in [-0.25, -0.2) is 0 Å². The van der Waals surface area contributed by atoms with Crippen molar-refractivity contribution in [2.45, 2.75) is 6.92 Å². The topological polar surface area (TPSA) is 42.4 Å². The molecule has 0 N–H and O–H groups in total. The number of thioether (sulfide) groups is 1. The van der Waals surface area contributed by atoms with Crippen molar-refractivity contribution in [3.05, 3.63) is 59.3 Å². The molecule has 1 amide bonds. The number of hydrogen-bond donors (Lipinski definition) is 0. The van der Waals surface area contributed by atoms with Crippen LogP contribution in [0.2, 0.25) is 0 Å². The molecule has 0 unspecified atom stereocenters. The Morgan fingerprint density at radius 3 is 2.74 bits per heavy atom. The number of thiocarbonyl (C=S) groups is 1. The van der Waals surface area contributed by atoms with Gasteiger partial charge >= 0.3 is 0 Å². The van der Waals surface area contributed by atoms with Crippen LogP contribution in [0, 0.1) is 0 Å². The third kappa shape index (κ3) is 3.43. The first-order valence-electron chi connectivity index (χ1n) is 7.10. The molecule has 23 heavy (non-hydrogen) atoms. The van der Waals surface area contributed by atoms with Gasteiger partial charge in [0.2, 0.25) is 0 Å². The molecule has 116 valence electrons. The Labute approximate surface area is 144 Å². The Hall–Kier alpha value is -2.18. The Kier molecular flexibility index (Phi) is 4.73. The summed E-state index contributed by atoms with van der Waals surface area (Å²) in [5.41, 5.74) is 1.62. The number of carbonyl (C=O) groups is 1. The normalized spacial score (nSPS) is 16.2. The highest BCUT2D eigenvalue weighted by Crippen LogP contribution is 2.36. The maximum Gasteiger partial charge on any atom is 0.270 e. The first-order valence-corrected chi connectivity index (χ1v) is 8.32. The fraction of sp³-hybridized carbons (Fsp3) is 0.118. The van der Waals surface area contributed by atoms with Gasteiger partial charge < -0.3 is 4.74 Å². The first kappa shape index (κ1) is 15.7. The van der Waals surface area contributed by atoms with Gasteiger partial charge in [0.25, 0.3) is 5.91 Å². The molecular weight excluding hydrogens is 328 g/mol. The largest absolute Gasteiger partial charge is 0.494 e. The van der Waals surface area contributed by atoms with E-state index in [1.54, 1.807) is 18.5 Å². The maximum atomic E-state index is 12.6. The van der Waals surface area contributed by atoms with Crippen molar-refractivity contribution in [3.63, 3.8) is 0 Å². The summed E-state index contributed by atoms with van der Waals surface area (Å²) in [6.07, 6.45) is 5.22. The van der Waals surface area contributed by atoms with Gasteiger partial charge in [0.1, 0.15) is 5.75 Å². The van der Waals surface area contributed by atoms with E-state index in [-0.39, 0.29) is 5.91 Å². The van der Waals surface area contributed by atoms with Gasteiger partial charge in [-0.2, -0.15) is 0 Å². The molecule has 0 atom stereocenters. The number of hydrogen-bond acceptors (Lipinski definition) is 5. The summed E-state index contributed by atoms with van der Waals surface area (Å²) in [6, 6.07) is 11.1. The van der Waals surface area contributed by atoms with Crippen molar-refractivity contribution in [1.82, 2.24) is 4.98 Å². The SMILES string of the molecule is CCOc1ccc(N2C(=O)/C(=C\c3cccnc3)SC2=S)cc1. The molecule has 1 aromatic carbocycles. The van der Waals surface area contributed by atoms with Crippen LogP contribution < -0.4 is 9.64 Å². The molecule has 1 aliphatic rings. The molecule has 2 aromatic rings. The number of aromatic nitrogens is 1. The smallest absolute Gasteiger partial charge is 0.270 e. The van der Waals surface area contributed by atoms with E-state index >= 15 is 0 Å². The van der Waals surface area contributed by atoms with Crippen LogP contribution in [-0.2, 0) is 4.79 Å². The van der Waals surface area contributed by atoms with E-state index < -0.39 is 0 Å². The molecule has 0 spiro atoms. The molecule has 4 nitrogen and oxygen atoms in total. The second-order valence-electron chi connectivity index (χ2n) is 4.73. The number of rotatable bonds is 4. The molecule has 0 bridgehead atoms. The number of pyridine rings is 1. The zero-order valence-electron chi connectivity index (χ0n) is 12.4. The zero-order chi connectivity index (χ0) is 16.2. The number of anilines is 1. The fourth-order valence-corrected chi connectivity index (χ4v) is 3.46. The van der Waals surface area contributed by atoms with Crippen molar-refractivity contribution in [2.75, 3.05) is 11.5 Å². The third-order valence-corrected chi connectivity index (χ3v) is 4.48. The maximum absolute atomic E-state index is 12.6. The number of ether oxygens (including phenoxy) is 1. The second-order valence-corrected chi connectivity index (χ2v) is 6.41. The number of carbonyl (C=O) groups excluding carboxylic acids is 1. The van der Waals surface area contributed by atoms with Gasteiger partial charge in [0, 0.05) is 12.4 Å². The minimum absolute atomic E-state index is 0.118. The predicted octanol–water partition coefficient (Wildman–Crippen LogP) is 3.89. The molecule has 2 heterocycles. The van der Waals surface area contributed by atoms with Gasteiger partial charge in [0.15, 0.2) is 4.32 Å². The molecule has 1 aromatic heterocycles. The van der Waals surface area contributed by atoms with E-state index in [1.807, 2.05) is 43.3 Å². The van der Waals surface area contributed by atoms with Crippen LogP contribution in [0.25, 0.3) is 6.08 Å². The lowest BCUT2D eigenvalue weighted by Crippen LogP contribution is -2.27. The molecule has 1 fully saturated rings. The minimum atomic E-state index is -0.118. The van der Waals surface area contributed by atoms with Gasteiger partial charge in [-0.3, -0.25) is 14.7 Å². The Morgan fingerprint density at radius 2 is 2.09 bits per heavy atom. The summed E-state index contributed by atoms with van der Waals surface area (Å²) >= 11 is 6.65. The molecule has 1 aliphatic heterocycles.